The summed E-state index contributed by atoms with van der Waals surface area (Å²) in [6.07, 6.45) is 1.93. The van der Waals surface area contributed by atoms with E-state index in [1.807, 2.05) is 77.3 Å². The van der Waals surface area contributed by atoms with Crippen LogP contribution in [0.15, 0.2) is 83.2 Å². The Kier molecular flexibility index (Phi) is 3.38. The number of azo groups is 1. The molecule has 4 aromatic rings. The quantitative estimate of drug-likeness (QED) is 0.484. The second kappa shape index (κ2) is 6.00. The van der Waals surface area contributed by atoms with Crippen LogP contribution < -0.4 is 9.47 Å². The van der Waals surface area contributed by atoms with Gasteiger partial charge in [-0.1, -0.05) is 24.3 Å². The smallest absolute Gasteiger partial charge is 0.231 e. The largest absolute Gasteiger partial charge is 0.454 e. The Bertz CT molecular complexity index is 1120. The van der Waals surface area contributed by atoms with Crippen LogP contribution in [-0.4, -0.2) is 16.2 Å². The summed E-state index contributed by atoms with van der Waals surface area (Å²) in [6.45, 7) is 0.241. The molecule has 2 aromatic carbocycles. The van der Waals surface area contributed by atoms with Crippen molar-refractivity contribution in [2.75, 3.05) is 6.79 Å². The first-order valence-corrected chi connectivity index (χ1v) is 8.22. The zero-order valence-electron chi connectivity index (χ0n) is 13.7. The highest BCUT2D eigenvalue weighted by Gasteiger charge is 2.18. The highest BCUT2D eigenvalue weighted by Crippen LogP contribution is 2.39. The Balaban J connectivity index is 1.66. The zero-order valence-corrected chi connectivity index (χ0v) is 13.7. The van der Waals surface area contributed by atoms with E-state index in [1.54, 1.807) is 0 Å². The van der Waals surface area contributed by atoms with Crippen LogP contribution in [0.3, 0.4) is 0 Å². The summed E-state index contributed by atoms with van der Waals surface area (Å²) in [6, 6.07) is 21.2. The Morgan fingerprint density at radius 1 is 0.846 bits per heavy atom. The van der Waals surface area contributed by atoms with Gasteiger partial charge >= 0.3 is 0 Å². The van der Waals surface area contributed by atoms with Crippen molar-refractivity contribution in [1.29, 1.82) is 0 Å². The molecule has 0 bridgehead atoms. The van der Waals surface area contributed by atoms with Crippen LogP contribution in [0.5, 0.6) is 11.5 Å². The molecule has 0 amide bonds. The van der Waals surface area contributed by atoms with Gasteiger partial charge in [0.2, 0.25) is 6.79 Å². The first-order chi connectivity index (χ1) is 12.9. The molecule has 0 atom stereocenters. The normalized spacial score (nSPS) is 12.9. The minimum absolute atomic E-state index is 0.241. The molecule has 1 aliphatic heterocycles. The van der Waals surface area contributed by atoms with Crippen LogP contribution in [-0.2, 0) is 0 Å². The van der Waals surface area contributed by atoms with Gasteiger partial charge in [0.25, 0.3) is 0 Å². The molecule has 0 N–H and O–H groups in total. The van der Waals surface area contributed by atoms with E-state index in [1.165, 1.54) is 0 Å². The predicted octanol–water partition coefficient (Wildman–Crippen LogP) is 5.15. The van der Waals surface area contributed by atoms with Crippen LogP contribution in [0.1, 0.15) is 0 Å². The summed E-state index contributed by atoms with van der Waals surface area (Å²) in [5.41, 5.74) is 3.24. The molecule has 26 heavy (non-hydrogen) atoms. The first kappa shape index (κ1) is 14.7. The molecule has 2 aromatic heterocycles. The molecular formula is C20H14N4O2. The molecule has 0 unspecified atom stereocenters. The number of benzene rings is 2. The molecule has 0 saturated heterocycles. The SMILES string of the molecule is c1ccc(N=Nc2c(-c3ccc4c(c3)OCO4)nc3ccccn23)cc1. The summed E-state index contributed by atoms with van der Waals surface area (Å²) < 4.78 is 12.8. The number of rotatable bonds is 3. The van der Waals surface area contributed by atoms with Crippen molar-refractivity contribution in [2.24, 2.45) is 10.2 Å². The zero-order chi connectivity index (χ0) is 17.3. The van der Waals surface area contributed by atoms with Gasteiger partial charge in [-0.05, 0) is 42.5 Å². The minimum Gasteiger partial charge on any atom is -0.454 e. The number of ether oxygens (including phenoxy) is 2. The second-order valence-corrected chi connectivity index (χ2v) is 5.82. The van der Waals surface area contributed by atoms with E-state index < -0.39 is 0 Å². The molecule has 3 heterocycles. The van der Waals surface area contributed by atoms with Crippen molar-refractivity contribution >= 4 is 17.2 Å². The lowest BCUT2D eigenvalue weighted by atomic mass is 10.1. The molecule has 6 nitrogen and oxygen atoms in total. The summed E-state index contributed by atoms with van der Waals surface area (Å²) in [7, 11) is 0. The highest BCUT2D eigenvalue weighted by molar-refractivity contribution is 5.76. The van der Waals surface area contributed by atoms with Gasteiger partial charge in [0.15, 0.2) is 17.3 Å². The predicted molar refractivity (Wildman–Crippen MR) is 97.4 cm³/mol. The van der Waals surface area contributed by atoms with E-state index in [0.717, 1.165) is 28.3 Å². The van der Waals surface area contributed by atoms with Crippen molar-refractivity contribution < 1.29 is 9.47 Å². The van der Waals surface area contributed by atoms with Crippen molar-refractivity contribution in [3.05, 3.63) is 72.9 Å². The number of hydrogen-bond donors (Lipinski definition) is 0. The van der Waals surface area contributed by atoms with Crippen molar-refractivity contribution in [3.63, 3.8) is 0 Å². The molecule has 5 rings (SSSR count). The first-order valence-electron chi connectivity index (χ1n) is 8.22. The second-order valence-electron chi connectivity index (χ2n) is 5.82. The average Bonchev–Trinajstić information content (AvgIpc) is 3.31. The average molecular weight is 342 g/mol. The van der Waals surface area contributed by atoms with Crippen molar-refractivity contribution in [1.82, 2.24) is 9.38 Å². The number of fused-ring (bicyclic) bond motifs is 2. The van der Waals surface area contributed by atoms with Crippen molar-refractivity contribution in [2.45, 2.75) is 0 Å². The standard InChI is InChI=1S/C20H14N4O2/c1-2-6-15(7-3-1)22-23-20-19(21-18-8-4-5-11-24(18)20)14-9-10-16-17(12-14)26-13-25-16/h1-12H,13H2. The van der Waals surface area contributed by atoms with Gasteiger partial charge < -0.3 is 9.47 Å². The van der Waals surface area contributed by atoms with E-state index in [4.69, 9.17) is 14.5 Å². The third-order valence-corrected chi connectivity index (χ3v) is 4.17. The maximum absolute atomic E-state index is 5.49. The van der Waals surface area contributed by atoms with Gasteiger partial charge in [-0.15, -0.1) is 10.2 Å². The van der Waals surface area contributed by atoms with E-state index >= 15 is 0 Å². The Morgan fingerprint density at radius 3 is 2.62 bits per heavy atom. The molecule has 0 radical (unpaired) electrons. The Morgan fingerprint density at radius 2 is 1.69 bits per heavy atom. The lowest BCUT2D eigenvalue weighted by Crippen LogP contribution is -1.92. The van der Waals surface area contributed by atoms with Crippen LogP contribution in [0.2, 0.25) is 0 Å². The molecule has 1 aliphatic rings. The number of imidazole rings is 1. The van der Waals surface area contributed by atoms with E-state index in [0.29, 0.717) is 11.6 Å². The monoisotopic (exact) mass is 342 g/mol. The van der Waals surface area contributed by atoms with Crippen LogP contribution >= 0.6 is 0 Å². The summed E-state index contributed by atoms with van der Waals surface area (Å²) >= 11 is 0. The number of hydrogen-bond acceptors (Lipinski definition) is 5. The summed E-state index contributed by atoms with van der Waals surface area (Å²) in [5, 5.41) is 8.85. The maximum Gasteiger partial charge on any atom is 0.231 e. The Labute approximate surface area is 149 Å². The van der Waals surface area contributed by atoms with E-state index in [2.05, 4.69) is 10.2 Å². The van der Waals surface area contributed by atoms with Gasteiger partial charge in [0.1, 0.15) is 11.3 Å². The van der Waals surface area contributed by atoms with E-state index in [-0.39, 0.29) is 6.79 Å². The highest BCUT2D eigenvalue weighted by atomic mass is 16.7. The van der Waals surface area contributed by atoms with Crippen LogP contribution in [0.4, 0.5) is 11.5 Å². The molecule has 0 aliphatic carbocycles. The fourth-order valence-corrected chi connectivity index (χ4v) is 2.92. The van der Waals surface area contributed by atoms with Crippen LogP contribution in [0, 0.1) is 0 Å². The maximum atomic E-state index is 5.49. The van der Waals surface area contributed by atoms with Gasteiger partial charge in [0, 0.05) is 11.8 Å². The molecular weight excluding hydrogens is 328 g/mol. The third-order valence-electron chi connectivity index (χ3n) is 4.17. The lowest BCUT2D eigenvalue weighted by molar-refractivity contribution is 0.174. The molecule has 126 valence electrons. The molecule has 0 saturated carbocycles. The number of aromatic nitrogens is 2. The van der Waals surface area contributed by atoms with Gasteiger partial charge in [-0.2, -0.15) is 0 Å². The topological polar surface area (TPSA) is 60.5 Å². The summed E-state index contributed by atoms with van der Waals surface area (Å²) in [4.78, 5) is 4.73. The fourth-order valence-electron chi connectivity index (χ4n) is 2.92. The van der Waals surface area contributed by atoms with Gasteiger partial charge in [-0.3, -0.25) is 4.40 Å². The van der Waals surface area contributed by atoms with Gasteiger partial charge in [-0.25, -0.2) is 4.98 Å². The Hall–Kier alpha value is -3.67. The molecule has 0 fully saturated rings. The van der Waals surface area contributed by atoms with Gasteiger partial charge in [0.05, 0.1) is 5.69 Å². The number of pyridine rings is 1. The summed E-state index contributed by atoms with van der Waals surface area (Å²) in [5.74, 6) is 2.12. The third kappa shape index (κ3) is 2.48. The fraction of sp³-hybridized carbons (Fsp3) is 0.0500. The molecule has 6 heteroatoms. The number of nitrogens with zero attached hydrogens (tertiary/aromatic N) is 4. The van der Waals surface area contributed by atoms with E-state index in [9.17, 15) is 0 Å². The van der Waals surface area contributed by atoms with Crippen molar-refractivity contribution in [3.8, 4) is 22.8 Å². The molecule has 0 spiro atoms. The lowest BCUT2D eigenvalue weighted by Gasteiger charge is -2.01. The van der Waals surface area contributed by atoms with Crippen LogP contribution in [0.25, 0.3) is 16.9 Å². The minimum atomic E-state index is 0.241.